The summed E-state index contributed by atoms with van der Waals surface area (Å²) < 4.78 is 16.6. The first-order valence-electron chi connectivity index (χ1n) is 21.4. The molecule has 0 aliphatic heterocycles. The van der Waals surface area contributed by atoms with Crippen molar-refractivity contribution in [3.05, 3.63) is 0 Å². The van der Waals surface area contributed by atoms with Crippen molar-refractivity contribution in [1.29, 1.82) is 0 Å². The van der Waals surface area contributed by atoms with E-state index in [-0.39, 0.29) is 31.1 Å². The molecular formula is C43H82O6. The highest BCUT2D eigenvalue weighted by Crippen LogP contribution is 2.15. The summed E-state index contributed by atoms with van der Waals surface area (Å²) in [5.41, 5.74) is 0. The first kappa shape index (κ1) is 47.4. The zero-order valence-corrected chi connectivity index (χ0v) is 33.1. The molecule has 0 saturated heterocycles. The number of carbonyl (C=O) groups excluding carboxylic acids is 3. The molecule has 0 unspecified atom stereocenters. The molecule has 49 heavy (non-hydrogen) atoms. The van der Waals surface area contributed by atoms with E-state index in [4.69, 9.17) is 14.2 Å². The fraction of sp³-hybridized carbons (Fsp3) is 0.930. The maximum atomic E-state index is 12.6. The van der Waals surface area contributed by atoms with Gasteiger partial charge >= 0.3 is 17.9 Å². The average Bonchev–Trinajstić information content (AvgIpc) is 3.08. The van der Waals surface area contributed by atoms with Crippen LogP contribution < -0.4 is 0 Å². The van der Waals surface area contributed by atoms with E-state index in [9.17, 15) is 14.4 Å². The monoisotopic (exact) mass is 695 g/mol. The predicted molar refractivity (Wildman–Crippen MR) is 206 cm³/mol. The van der Waals surface area contributed by atoms with Gasteiger partial charge in [0.15, 0.2) is 6.10 Å². The molecule has 0 aromatic carbocycles. The molecule has 0 radical (unpaired) electrons. The highest BCUT2D eigenvalue weighted by atomic mass is 16.6. The van der Waals surface area contributed by atoms with Gasteiger partial charge in [-0.25, -0.2) is 0 Å². The van der Waals surface area contributed by atoms with Crippen LogP contribution in [0.5, 0.6) is 0 Å². The lowest BCUT2D eigenvalue weighted by molar-refractivity contribution is -0.167. The summed E-state index contributed by atoms with van der Waals surface area (Å²) in [6, 6.07) is 0. The third-order valence-corrected chi connectivity index (χ3v) is 9.54. The van der Waals surface area contributed by atoms with E-state index in [1.54, 1.807) is 0 Å². The summed E-state index contributed by atoms with van der Waals surface area (Å²) in [6.07, 6.45) is 35.3. The Labute approximate surface area is 304 Å². The van der Waals surface area contributed by atoms with Crippen LogP contribution in [0, 0.1) is 5.92 Å². The first-order valence-corrected chi connectivity index (χ1v) is 21.4. The van der Waals surface area contributed by atoms with Crippen molar-refractivity contribution in [2.75, 3.05) is 13.2 Å². The molecule has 0 aliphatic carbocycles. The summed E-state index contributed by atoms with van der Waals surface area (Å²) in [5.74, 6) is -0.0852. The molecule has 0 spiro atoms. The Morgan fingerprint density at radius 2 is 0.673 bits per heavy atom. The second-order valence-corrected chi connectivity index (χ2v) is 15.1. The van der Waals surface area contributed by atoms with Gasteiger partial charge in [-0.3, -0.25) is 14.4 Å². The van der Waals surface area contributed by atoms with Crippen LogP contribution in [-0.2, 0) is 28.6 Å². The smallest absolute Gasteiger partial charge is 0.306 e. The van der Waals surface area contributed by atoms with Gasteiger partial charge in [-0.1, -0.05) is 195 Å². The molecule has 290 valence electrons. The summed E-state index contributed by atoms with van der Waals surface area (Å²) >= 11 is 0. The summed E-state index contributed by atoms with van der Waals surface area (Å²) in [5, 5.41) is 0. The van der Waals surface area contributed by atoms with E-state index in [0.717, 1.165) is 63.7 Å². The maximum absolute atomic E-state index is 12.6. The quantitative estimate of drug-likeness (QED) is 0.0364. The average molecular weight is 695 g/mol. The highest BCUT2D eigenvalue weighted by molar-refractivity contribution is 5.71. The second-order valence-electron chi connectivity index (χ2n) is 15.1. The minimum atomic E-state index is -0.757. The number of hydrogen-bond donors (Lipinski definition) is 0. The standard InChI is InChI=1S/C43H82O6/c1-5-7-9-11-13-14-15-16-17-18-19-23-28-32-36-43(46)49-40(37-47-41(44)34-30-26-21-12-10-8-6-2)38-48-42(45)35-31-27-24-20-22-25-29-33-39(3)4/h39-40H,5-38H2,1-4H3/t40-/m1/s1. The van der Waals surface area contributed by atoms with Crippen LogP contribution in [-0.4, -0.2) is 37.2 Å². The molecule has 0 rings (SSSR count). The predicted octanol–water partition coefficient (Wildman–Crippen LogP) is 13.2. The van der Waals surface area contributed by atoms with Crippen molar-refractivity contribution >= 4 is 17.9 Å². The fourth-order valence-corrected chi connectivity index (χ4v) is 6.27. The van der Waals surface area contributed by atoms with Gasteiger partial charge in [0.1, 0.15) is 13.2 Å². The first-order chi connectivity index (χ1) is 23.9. The minimum absolute atomic E-state index is 0.0656. The minimum Gasteiger partial charge on any atom is -0.462 e. The van der Waals surface area contributed by atoms with Crippen LogP contribution in [0.2, 0.25) is 0 Å². The van der Waals surface area contributed by atoms with Crippen molar-refractivity contribution in [3.63, 3.8) is 0 Å². The van der Waals surface area contributed by atoms with Gasteiger partial charge in [-0.2, -0.15) is 0 Å². The van der Waals surface area contributed by atoms with Gasteiger partial charge in [-0.15, -0.1) is 0 Å². The van der Waals surface area contributed by atoms with Crippen molar-refractivity contribution in [1.82, 2.24) is 0 Å². The number of unbranched alkanes of at least 4 members (excludes halogenated alkanes) is 25. The summed E-state index contributed by atoms with van der Waals surface area (Å²) in [7, 11) is 0. The molecule has 0 heterocycles. The Bertz CT molecular complexity index is 736. The largest absolute Gasteiger partial charge is 0.462 e. The number of esters is 3. The van der Waals surface area contributed by atoms with Crippen LogP contribution in [0.4, 0.5) is 0 Å². The number of hydrogen-bond acceptors (Lipinski definition) is 6. The molecule has 0 aromatic heterocycles. The molecule has 0 fully saturated rings. The van der Waals surface area contributed by atoms with E-state index in [1.165, 1.54) is 128 Å². The van der Waals surface area contributed by atoms with E-state index in [0.29, 0.717) is 19.3 Å². The Morgan fingerprint density at radius 1 is 0.388 bits per heavy atom. The third kappa shape index (κ3) is 37.5. The van der Waals surface area contributed by atoms with Gasteiger partial charge < -0.3 is 14.2 Å². The summed E-state index contributed by atoms with van der Waals surface area (Å²) in [4.78, 5) is 37.4. The van der Waals surface area contributed by atoms with Crippen molar-refractivity contribution in [3.8, 4) is 0 Å². The molecule has 0 aromatic rings. The molecule has 1 atom stereocenters. The van der Waals surface area contributed by atoms with Crippen LogP contribution in [0.3, 0.4) is 0 Å². The zero-order chi connectivity index (χ0) is 36.0. The molecule has 6 heteroatoms. The highest BCUT2D eigenvalue weighted by Gasteiger charge is 2.19. The number of carbonyl (C=O) groups is 3. The maximum Gasteiger partial charge on any atom is 0.306 e. The van der Waals surface area contributed by atoms with Gasteiger partial charge in [0.25, 0.3) is 0 Å². The van der Waals surface area contributed by atoms with E-state index in [1.807, 2.05) is 0 Å². The second kappa shape index (κ2) is 37.7. The third-order valence-electron chi connectivity index (χ3n) is 9.54. The zero-order valence-electron chi connectivity index (χ0n) is 33.1. The van der Waals surface area contributed by atoms with E-state index in [2.05, 4.69) is 27.7 Å². The fourth-order valence-electron chi connectivity index (χ4n) is 6.27. The topological polar surface area (TPSA) is 78.9 Å². The lowest BCUT2D eigenvalue weighted by atomic mass is 10.0. The molecular weight excluding hydrogens is 612 g/mol. The van der Waals surface area contributed by atoms with Crippen molar-refractivity contribution < 1.29 is 28.6 Å². The number of ether oxygens (including phenoxy) is 3. The van der Waals surface area contributed by atoms with Gasteiger partial charge in [-0.05, 0) is 25.2 Å². The number of rotatable bonds is 38. The van der Waals surface area contributed by atoms with E-state index >= 15 is 0 Å². The van der Waals surface area contributed by atoms with E-state index < -0.39 is 6.10 Å². The van der Waals surface area contributed by atoms with Crippen LogP contribution in [0.15, 0.2) is 0 Å². The Hall–Kier alpha value is -1.59. The summed E-state index contributed by atoms with van der Waals surface area (Å²) in [6.45, 7) is 8.89. The van der Waals surface area contributed by atoms with Crippen molar-refractivity contribution in [2.24, 2.45) is 5.92 Å². The molecule has 6 nitrogen and oxygen atoms in total. The molecule has 0 bridgehead atoms. The molecule has 0 amide bonds. The Balaban J connectivity index is 4.29. The lowest BCUT2D eigenvalue weighted by Crippen LogP contribution is -2.30. The molecule has 0 aliphatic rings. The van der Waals surface area contributed by atoms with Gasteiger partial charge in [0, 0.05) is 19.3 Å². The van der Waals surface area contributed by atoms with Gasteiger partial charge in [0.2, 0.25) is 0 Å². The molecule has 0 saturated carbocycles. The SMILES string of the molecule is CCCCCCCCCCCCCCCCC(=O)O[C@H](COC(=O)CCCCCCCCC)COC(=O)CCCCCCCCCC(C)C. The Morgan fingerprint density at radius 3 is 1.00 bits per heavy atom. The Kier molecular flexibility index (Phi) is 36.4. The van der Waals surface area contributed by atoms with Crippen LogP contribution in [0.25, 0.3) is 0 Å². The molecule has 0 N–H and O–H groups in total. The van der Waals surface area contributed by atoms with Crippen LogP contribution >= 0.6 is 0 Å². The van der Waals surface area contributed by atoms with Gasteiger partial charge in [0.05, 0.1) is 0 Å². The lowest BCUT2D eigenvalue weighted by Gasteiger charge is -2.18. The van der Waals surface area contributed by atoms with Crippen molar-refractivity contribution in [2.45, 2.75) is 239 Å². The van der Waals surface area contributed by atoms with Crippen LogP contribution in [0.1, 0.15) is 233 Å². The normalized spacial score (nSPS) is 11.9.